The molecule has 0 amide bonds. The number of aryl methyl sites for hydroxylation is 1. The predicted octanol–water partition coefficient (Wildman–Crippen LogP) is 2.43. The SMILES string of the molecule is COC(=O)Oc1cc2c(s1)CCCC21OCCO1. The fourth-order valence-corrected chi connectivity index (χ4v) is 3.56. The topological polar surface area (TPSA) is 54.0 Å². The fourth-order valence-electron chi connectivity index (χ4n) is 2.46. The van der Waals surface area contributed by atoms with Crippen LogP contribution in [0.1, 0.15) is 23.3 Å². The second-order valence-corrected chi connectivity index (χ2v) is 5.36. The number of carbonyl (C=O) groups excluding carboxylic acids is 1. The molecule has 0 radical (unpaired) electrons. The normalized spacial score (nSPS) is 20.7. The Kier molecular flexibility index (Phi) is 3.01. The molecule has 1 aliphatic carbocycles. The van der Waals surface area contributed by atoms with Gasteiger partial charge >= 0.3 is 6.16 Å². The molecule has 5 nitrogen and oxygen atoms in total. The molecule has 2 aliphatic rings. The summed E-state index contributed by atoms with van der Waals surface area (Å²) in [5, 5.41) is 0.534. The van der Waals surface area contributed by atoms with Gasteiger partial charge in [0.25, 0.3) is 0 Å². The van der Waals surface area contributed by atoms with E-state index < -0.39 is 11.9 Å². The van der Waals surface area contributed by atoms with Crippen LogP contribution in [0.5, 0.6) is 5.06 Å². The third-order valence-corrected chi connectivity index (χ3v) is 4.28. The van der Waals surface area contributed by atoms with Gasteiger partial charge < -0.3 is 18.9 Å². The maximum absolute atomic E-state index is 11.1. The number of methoxy groups -OCH3 is 1. The van der Waals surface area contributed by atoms with Crippen molar-refractivity contribution < 1.29 is 23.7 Å². The van der Waals surface area contributed by atoms with Crippen molar-refractivity contribution in [3.63, 3.8) is 0 Å². The molecule has 98 valence electrons. The molecule has 1 aromatic heterocycles. The first-order valence-electron chi connectivity index (χ1n) is 5.90. The van der Waals surface area contributed by atoms with Gasteiger partial charge in [-0.3, -0.25) is 0 Å². The van der Waals surface area contributed by atoms with Crippen LogP contribution in [0.15, 0.2) is 6.07 Å². The largest absolute Gasteiger partial charge is 0.514 e. The van der Waals surface area contributed by atoms with Crippen molar-refractivity contribution in [2.75, 3.05) is 20.3 Å². The first-order valence-corrected chi connectivity index (χ1v) is 6.72. The Morgan fingerprint density at radius 2 is 2.22 bits per heavy atom. The third-order valence-electron chi connectivity index (χ3n) is 3.21. The predicted molar refractivity (Wildman–Crippen MR) is 63.9 cm³/mol. The Bertz CT molecular complexity index is 461. The molecule has 1 aliphatic heterocycles. The molecule has 1 spiro atoms. The molecule has 6 heteroatoms. The van der Waals surface area contributed by atoms with Gasteiger partial charge in [-0.05, 0) is 12.8 Å². The number of ether oxygens (including phenoxy) is 4. The third kappa shape index (κ3) is 1.90. The van der Waals surface area contributed by atoms with Crippen LogP contribution >= 0.6 is 11.3 Å². The molecule has 0 atom stereocenters. The van der Waals surface area contributed by atoms with Gasteiger partial charge in [0.05, 0.1) is 20.3 Å². The molecule has 0 aromatic carbocycles. The van der Waals surface area contributed by atoms with Gasteiger partial charge in [0, 0.05) is 22.9 Å². The quantitative estimate of drug-likeness (QED) is 0.734. The number of carbonyl (C=O) groups is 1. The van der Waals surface area contributed by atoms with Gasteiger partial charge in [0.15, 0.2) is 10.9 Å². The van der Waals surface area contributed by atoms with Crippen molar-refractivity contribution in [2.24, 2.45) is 0 Å². The molecule has 0 saturated carbocycles. The maximum atomic E-state index is 11.1. The molecular weight excluding hydrogens is 256 g/mol. The summed E-state index contributed by atoms with van der Waals surface area (Å²) in [5.41, 5.74) is 1.01. The summed E-state index contributed by atoms with van der Waals surface area (Å²) in [4.78, 5) is 12.3. The van der Waals surface area contributed by atoms with E-state index in [9.17, 15) is 4.79 Å². The molecule has 3 rings (SSSR count). The highest BCUT2D eigenvalue weighted by molar-refractivity contribution is 7.14. The van der Waals surface area contributed by atoms with Crippen molar-refractivity contribution in [1.29, 1.82) is 0 Å². The number of fused-ring (bicyclic) bond motifs is 2. The fraction of sp³-hybridized carbons (Fsp3) is 0.583. The molecular formula is C12H14O5S. The van der Waals surface area contributed by atoms with Crippen molar-refractivity contribution >= 4 is 17.5 Å². The molecule has 1 aromatic rings. The minimum Gasteiger partial charge on any atom is -0.437 e. The number of hydrogen-bond donors (Lipinski definition) is 0. The summed E-state index contributed by atoms with van der Waals surface area (Å²) >= 11 is 1.46. The van der Waals surface area contributed by atoms with Crippen molar-refractivity contribution in [1.82, 2.24) is 0 Å². The van der Waals surface area contributed by atoms with E-state index in [1.165, 1.54) is 23.3 Å². The summed E-state index contributed by atoms with van der Waals surface area (Å²) < 4.78 is 21.1. The monoisotopic (exact) mass is 270 g/mol. The van der Waals surface area contributed by atoms with Crippen molar-refractivity contribution in [3.05, 3.63) is 16.5 Å². The standard InChI is InChI=1S/C12H14O5S/c1-14-11(13)17-10-7-8-9(18-10)3-2-4-12(8)15-5-6-16-12/h7H,2-6H2,1H3. The van der Waals surface area contributed by atoms with E-state index in [1.54, 1.807) is 0 Å². The second kappa shape index (κ2) is 4.53. The Labute approximate surface area is 109 Å². The zero-order valence-corrected chi connectivity index (χ0v) is 10.9. The summed E-state index contributed by atoms with van der Waals surface area (Å²) in [6.07, 6.45) is 2.15. The van der Waals surface area contributed by atoms with Crippen LogP contribution in [-0.4, -0.2) is 26.5 Å². The maximum Gasteiger partial charge on any atom is 0.514 e. The van der Waals surface area contributed by atoms with Crippen LogP contribution in [-0.2, 0) is 26.4 Å². The van der Waals surface area contributed by atoms with Gasteiger partial charge in [0.1, 0.15) is 0 Å². The van der Waals surface area contributed by atoms with Crippen LogP contribution in [0, 0.1) is 0 Å². The molecule has 1 saturated heterocycles. The van der Waals surface area contributed by atoms with E-state index in [2.05, 4.69) is 4.74 Å². The molecule has 18 heavy (non-hydrogen) atoms. The number of hydrogen-bond acceptors (Lipinski definition) is 6. The molecule has 0 N–H and O–H groups in total. The van der Waals surface area contributed by atoms with Gasteiger partial charge in [0.2, 0.25) is 0 Å². The summed E-state index contributed by atoms with van der Waals surface area (Å²) in [5.74, 6) is -0.609. The molecule has 0 unspecified atom stereocenters. The zero-order chi connectivity index (χ0) is 12.6. The molecule has 1 fully saturated rings. The van der Waals surface area contributed by atoms with Crippen LogP contribution in [0.3, 0.4) is 0 Å². The highest BCUT2D eigenvalue weighted by Gasteiger charge is 2.43. The van der Waals surface area contributed by atoms with E-state index in [-0.39, 0.29) is 0 Å². The lowest BCUT2D eigenvalue weighted by Crippen LogP contribution is -2.30. The summed E-state index contributed by atoms with van der Waals surface area (Å²) in [6.45, 7) is 1.23. The average Bonchev–Trinajstić information content (AvgIpc) is 2.97. The Morgan fingerprint density at radius 1 is 1.44 bits per heavy atom. The first kappa shape index (κ1) is 12.0. The number of thiophene rings is 1. The van der Waals surface area contributed by atoms with Crippen molar-refractivity contribution in [3.8, 4) is 5.06 Å². The zero-order valence-electron chi connectivity index (χ0n) is 10.1. The van der Waals surface area contributed by atoms with Crippen molar-refractivity contribution in [2.45, 2.75) is 25.0 Å². The minimum absolute atomic E-state index is 0.534. The van der Waals surface area contributed by atoms with Gasteiger partial charge in [-0.1, -0.05) is 0 Å². The van der Waals surface area contributed by atoms with Gasteiger partial charge in [-0.25, -0.2) is 4.79 Å². The van der Waals surface area contributed by atoms with E-state index >= 15 is 0 Å². The van der Waals surface area contributed by atoms with E-state index in [1.807, 2.05) is 6.07 Å². The number of rotatable bonds is 1. The lowest BCUT2D eigenvalue weighted by atomic mass is 9.93. The molecule has 2 heterocycles. The van der Waals surface area contributed by atoms with Crippen LogP contribution in [0.4, 0.5) is 4.79 Å². The van der Waals surface area contributed by atoms with E-state index in [0.717, 1.165) is 24.8 Å². The Morgan fingerprint density at radius 3 is 2.94 bits per heavy atom. The lowest BCUT2D eigenvalue weighted by Gasteiger charge is -2.31. The lowest BCUT2D eigenvalue weighted by molar-refractivity contribution is -0.175. The Hall–Kier alpha value is -1.11. The average molecular weight is 270 g/mol. The van der Waals surface area contributed by atoms with Gasteiger partial charge in [-0.15, -0.1) is 11.3 Å². The molecule has 0 bridgehead atoms. The Balaban J connectivity index is 1.90. The van der Waals surface area contributed by atoms with E-state index in [0.29, 0.717) is 18.3 Å². The highest BCUT2D eigenvalue weighted by Crippen LogP contribution is 2.47. The van der Waals surface area contributed by atoms with Crippen LogP contribution < -0.4 is 4.74 Å². The second-order valence-electron chi connectivity index (χ2n) is 4.26. The minimum atomic E-state index is -0.698. The first-order chi connectivity index (χ1) is 8.73. The summed E-state index contributed by atoms with van der Waals surface area (Å²) in [7, 11) is 1.29. The van der Waals surface area contributed by atoms with Crippen LogP contribution in [0.25, 0.3) is 0 Å². The van der Waals surface area contributed by atoms with Crippen LogP contribution in [0.2, 0.25) is 0 Å². The van der Waals surface area contributed by atoms with Gasteiger partial charge in [-0.2, -0.15) is 0 Å². The summed E-state index contributed by atoms with van der Waals surface area (Å²) in [6, 6.07) is 1.83. The van der Waals surface area contributed by atoms with E-state index in [4.69, 9.17) is 14.2 Å². The smallest absolute Gasteiger partial charge is 0.437 e. The highest BCUT2D eigenvalue weighted by atomic mass is 32.1.